The summed E-state index contributed by atoms with van der Waals surface area (Å²) in [4.78, 5) is -0.268. The molecule has 1 aromatic rings. The third kappa shape index (κ3) is 1.80. The Morgan fingerprint density at radius 1 is 1.40 bits per heavy atom. The topological polar surface area (TPSA) is 0 Å². The molecular formula is C11H10BrF3. The fourth-order valence-corrected chi connectivity index (χ4v) is 2.40. The van der Waals surface area contributed by atoms with E-state index in [1.54, 1.807) is 6.92 Å². The van der Waals surface area contributed by atoms with Gasteiger partial charge in [-0.15, -0.1) is 0 Å². The molecular weight excluding hydrogens is 269 g/mol. The maximum atomic E-state index is 13.1. The minimum Gasteiger partial charge on any atom is -0.247 e. The number of benzene rings is 1. The normalized spacial score (nSPS) is 31.4. The smallest absolute Gasteiger partial charge is 0.159 e. The summed E-state index contributed by atoms with van der Waals surface area (Å²) in [7, 11) is 0. The first kappa shape index (κ1) is 11.0. The Morgan fingerprint density at radius 3 is 2.47 bits per heavy atom. The fraction of sp³-hybridized carbons (Fsp3) is 0.455. The molecule has 1 aromatic carbocycles. The predicted octanol–water partition coefficient (Wildman–Crippen LogP) is 4.15. The molecule has 1 saturated carbocycles. The van der Waals surface area contributed by atoms with Crippen LogP contribution < -0.4 is 0 Å². The molecule has 0 radical (unpaired) electrons. The van der Waals surface area contributed by atoms with E-state index in [2.05, 4.69) is 15.9 Å². The molecule has 82 valence electrons. The van der Waals surface area contributed by atoms with Crippen LogP contribution in [0.2, 0.25) is 0 Å². The van der Waals surface area contributed by atoms with Gasteiger partial charge in [0.25, 0.3) is 0 Å². The second-order valence-corrected chi connectivity index (χ2v) is 5.13. The van der Waals surface area contributed by atoms with Gasteiger partial charge in [0.05, 0.1) is 0 Å². The Morgan fingerprint density at radius 2 is 2.00 bits per heavy atom. The first-order valence-electron chi connectivity index (χ1n) is 4.68. The lowest BCUT2D eigenvalue weighted by Crippen LogP contribution is -2.07. The average Bonchev–Trinajstić information content (AvgIpc) is 2.80. The van der Waals surface area contributed by atoms with E-state index in [1.807, 2.05) is 0 Å². The summed E-state index contributed by atoms with van der Waals surface area (Å²) in [5.41, 5.74) is 0.0983. The summed E-state index contributed by atoms with van der Waals surface area (Å²) < 4.78 is 38.7. The van der Waals surface area contributed by atoms with Gasteiger partial charge < -0.3 is 0 Å². The molecule has 0 aromatic heterocycles. The van der Waals surface area contributed by atoms with Crippen molar-refractivity contribution in [3.8, 4) is 0 Å². The minimum atomic E-state index is -0.892. The van der Waals surface area contributed by atoms with Crippen molar-refractivity contribution in [1.29, 1.82) is 0 Å². The third-order valence-electron chi connectivity index (χ3n) is 2.99. The SMILES string of the molecule is CC1(C(Br)c2ccc(F)c(F)c2)CC1F. The van der Waals surface area contributed by atoms with Crippen LogP contribution in [0, 0.1) is 17.0 Å². The molecule has 1 aliphatic carbocycles. The van der Waals surface area contributed by atoms with Crippen molar-refractivity contribution < 1.29 is 13.2 Å². The maximum absolute atomic E-state index is 13.1. The van der Waals surface area contributed by atoms with Crippen molar-refractivity contribution >= 4 is 15.9 Å². The summed E-state index contributed by atoms with van der Waals surface area (Å²) in [6, 6.07) is 3.66. The molecule has 3 atom stereocenters. The molecule has 15 heavy (non-hydrogen) atoms. The first-order chi connectivity index (χ1) is 6.95. The molecule has 3 unspecified atom stereocenters. The largest absolute Gasteiger partial charge is 0.247 e. The molecule has 1 fully saturated rings. The highest BCUT2D eigenvalue weighted by Crippen LogP contribution is 2.60. The number of alkyl halides is 2. The summed E-state index contributed by atoms with van der Waals surface area (Å²) in [6.07, 6.45) is -0.406. The highest BCUT2D eigenvalue weighted by Gasteiger charge is 2.56. The second-order valence-electron chi connectivity index (χ2n) is 4.21. The van der Waals surface area contributed by atoms with Gasteiger partial charge in [0, 0.05) is 10.2 Å². The van der Waals surface area contributed by atoms with Crippen LogP contribution in [0.1, 0.15) is 23.7 Å². The van der Waals surface area contributed by atoms with Crippen LogP contribution in [0.15, 0.2) is 18.2 Å². The Bertz CT molecular complexity index is 393. The molecule has 0 N–H and O–H groups in total. The molecule has 0 amide bonds. The van der Waals surface area contributed by atoms with Crippen LogP contribution in [0.3, 0.4) is 0 Å². The van der Waals surface area contributed by atoms with Gasteiger partial charge in [-0.1, -0.05) is 28.9 Å². The van der Waals surface area contributed by atoms with Crippen LogP contribution >= 0.6 is 15.9 Å². The van der Waals surface area contributed by atoms with Crippen LogP contribution in [0.5, 0.6) is 0 Å². The van der Waals surface area contributed by atoms with Gasteiger partial charge in [-0.2, -0.15) is 0 Å². The van der Waals surface area contributed by atoms with E-state index < -0.39 is 23.2 Å². The quantitative estimate of drug-likeness (QED) is 0.713. The molecule has 0 saturated heterocycles. The maximum Gasteiger partial charge on any atom is 0.159 e. The lowest BCUT2D eigenvalue weighted by molar-refractivity contribution is 0.374. The standard InChI is InChI=1S/C11H10BrF3/c1-11(5-9(11)15)10(12)6-2-3-7(13)8(14)4-6/h2-4,9-10H,5H2,1H3. The van der Waals surface area contributed by atoms with E-state index in [0.717, 1.165) is 12.1 Å². The molecule has 0 spiro atoms. The summed E-state index contributed by atoms with van der Waals surface area (Å²) in [5, 5.41) is 0. The van der Waals surface area contributed by atoms with Gasteiger partial charge in [0.2, 0.25) is 0 Å². The number of halogens is 4. The summed E-state index contributed by atoms with van der Waals surface area (Å²) >= 11 is 3.34. The van der Waals surface area contributed by atoms with Gasteiger partial charge >= 0.3 is 0 Å². The van der Waals surface area contributed by atoms with E-state index in [0.29, 0.717) is 12.0 Å². The summed E-state index contributed by atoms with van der Waals surface area (Å²) in [6.45, 7) is 1.79. The van der Waals surface area contributed by atoms with Gasteiger partial charge in [-0.05, 0) is 24.1 Å². The highest BCUT2D eigenvalue weighted by atomic mass is 79.9. The average molecular weight is 279 g/mol. The third-order valence-corrected chi connectivity index (χ3v) is 4.56. The molecule has 0 nitrogen and oxygen atoms in total. The molecule has 1 aliphatic rings. The van der Waals surface area contributed by atoms with E-state index in [-0.39, 0.29) is 4.83 Å². The van der Waals surface area contributed by atoms with E-state index >= 15 is 0 Å². The summed E-state index contributed by atoms with van der Waals surface area (Å²) in [5.74, 6) is -1.77. The van der Waals surface area contributed by atoms with E-state index in [1.165, 1.54) is 6.07 Å². The van der Waals surface area contributed by atoms with Crippen molar-refractivity contribution in [1.82, 2.24) is 0 Å². The molecule has 4 heteroatoms. The molecule has 0 heterocycles. The van der Waals surface area contributed by atoms with Gasteiger partial charge in [0.1, 0.15) is 6.17 Å². The molecule has 0 bridgehead atoms. The van der Waals surface area contributed by atoms with Crippen molar-refractivity contribution in [2.24, 2.45) is 5.41 Å². The molecule has 2 rings (SSSR count). The number of rotatable bonds is 2. The van der Waals surface area contributed by atoms with Crippen LogP contribution in [0.25, 0.3) is 0 Å². The van der Waals surface area contributed by atoms with E-state index in [9.17, 15) is 13.2 Å². The predicted molar refractivity (Wildman–Crippen MR) is 55.6 cm³/mol. The Labute approximate surface area is 94.6 Å². The van der Waals surface area contributed by atoms with Crippen molar-refractivity contribution in [2.45, 2.75) is 24.3 Å². The van der Waals surface area contributed by atoms with Crippen molar-refractivity contribution in [3.05, 3.63) is 35.4 Å². The zero-order chi connectivity index (χ0) is 11.2. The van der Waals surface area contributed by atoms with Gasteiger partial charge in [0.15, 0.2) is 11.6 Å². The van der Waals surface area contributed by atoms with Crippen LogP contribution in [-0.4, -0.2) is 6.17 Å². The van der Waals surface area contributed by atoms with Crippen LogP contribution in [0.4, 0.5) is 13.2 Å². The number of hydrogen-bond donors (Lipinski definition) is 0. The van der Waals surface area contributed by atoms with Gasteiger partial charge in [-0.3, -0.25) is 0 Å². The molecule has 0 aliphatic heterocycles. The first-order valence-corrected chi connectivity index (χ1v) is 5.60. The monoisotopic (exact) mass is 278 g/mol. The van der Waals surface area contributed by atoms with Crippen molar-refractivity contribution in [2.75, 3.05) is 0 Å². The van der Waals surface area contributed by atoms with E-state index in [4.69, 9.17) is 0 Å². The zero-order valence-electron chi connectivity index (χ0n) is 8.11. The Hall–Kier alpha value is -0.510. The Balaban J connectivity index is 2.27. The second kappa shape index (κ2) is 3.51. The van der Waals surface area contributed by atoms with Crippen LogP contribution in [-0.2, 0) is 0 Å². The number of hydrogen-bond acceptors (Lipinski definition) is 0. The lowest BCUT2D eigenvalue weighted by Gasteiger charge is -2.17. The highest BCUT2D eigenvalue weighted by molar-refractivity contribution is 9.09. The van der Waals surface area contributed by atoms with Crippen molar-refractivity contribution in [3.63, 3.8) is 0 Å². The minimum absolute atomic E-state index is 0.268. The lowest BCUT2D eigenvalue weighted by atomic mass is 9.98. The fourth-order valence-electron chi connectivity index (χ4n) is 1.64. The zero-order valence-corrected chi connectivity index (χ0v) is 9.69. The van der Waals surface area contributed by atoms with Gasteiger partial charge in [-0.25, -0.2) is 13.2 Å². The Kier molecular flexibility index (Phi) is 2.57.